The second kappa shape index (κ2) is 5.65. The number of aryl methyl sites for hydroxylation is 3. The number of hydrogen-bond acceptors (Lipinski definition) is 1. The van der Waals surface area contributed by atoms with E-state index in [0.29, 0.717) is 18.0 Å². The molecule has 1 aliphatic carbocycles. The van der Waals surface area contributed by atoms with E-state index in [2.05, 4.69) is 75.5 Å². The van der Waals surface area contributed by atoms with Gasteiger partial charge in [0, 0.05) is 18.0 Å². The van der Waals surface area contributed by atoms with Crippen molar-refractivity contribution in [3.63, 3.8) is 0 Å². The van der Waals surface area contributed by atoms with Crippen LogP contribution in [0, 0.1) is 20.8 Å². The Morgan fingerprint density at radius 2 is 1.62 bits per heavy atom. The number of nitrogens with one attached hydrogen (secondary N) is 1. The summed E-state index contributed by atoms with van der Waals surface area (Å²) in [5.41, 5.74) is 7.11. The van der Waals surface area contributed by atoms with Crippen molar-refractivity contribution in [3.05, 3.63) is 70.3 Å². The van der Waals surface area contributed by atoms with E-state index in [1.165, 1.54) is 34.2 Å². The minimum absolute atomic E-state index is 0.421. The summed E-state index contributed by atoms with van der Waals surface area (Å²) in [6.45, 7) is 8.93. The van der Waals surface area contributed by atoms with Crippen molar-refractivity contribution in [3.8, 4) is 0 Å². The molecule has 0 heterocycles. The number of rotatable bonds is 4. The normalized spacial score (nSPS) is 22.1. The molecule has 1 saturated carbocycles. The van der Waals surface area contributed by atoms with Gasteiger partial charge in [-0.3, -0.25) is 0 Å². The van der Waals surface area contributed by atoms with E-state index < -0.39 is 0 Å². The summed E-state index contributed by atoms with van der Waals surface area (Å²) in [4.78, 5) is 0. The molecule has 2 aromatic carbocycles. The summed E-state index contributed by atoms with van der Waals surface area (Å²) in [6.07, 6.45) is 1.26. The molecule has 0 saturated heterocycles. The monoisotopic (exact) mass is 279 g/mol. The van der Waals surface area contributed by atoms with Gasteiger partial charge in [0.05, 0.1) is 0 Å². The zero-order valence-electron chi connectivity index (χ0n) is 13.5. The highest BCUT2D eigenvalue weighted by atomic mass is 15.0. The molecule has 0 aromatic heterocycles. The first-order valence-electron chi connectivity index (χ1n) is 7.95. The Morgan fingerprint density at radius 3 is 2.24 bits per heavy atom. The maximum atomic E-state index is 3.82. The van der Waals surface area contributed by atoms with Gasteiger partial charge in [-0.05, 0) is 56.4 Å². The third-order valence-electron chi connectivity index (χ3n) is 4.65. The minimum atomic E-state index is 0.421. The molecule has 1 nitrogen and oxygen atoms in total. The smallest absolute Gasteiger partial charge is 0.0299 e. The molecule has 2 aromatic rings. The van der Waals surface area contributed by atoms with Crippen molar-refractivity contribution in [2.24, 2.45) is 0 Å². The van der Waals surface area contributed by atoms with Crippen LogP contribution in [0.1, 0.15) is 53.1 Å². The molecule has 0 aliphatic heterocycles. The van der Waals surface area contributed by atoms with Crippen LogP contribution in [-0.4, -0.2) is 6.04 Å². The van der Waals surface area contributed by atoms with Gasteiger partial charge >= 0.3 is 0 Å². The van der Waals surface area contributed by atoms with E-state index in [9.17, 15) is 0 Å². The predicted molar refractivity (Wildman–Crippen MR) is 89.8 cm³/mol. The molecule has 1 fully saturated rings. The Balaban J connectivity index is 1.70. The lowest BCUT2D eigenvalue weighted by atomic mass is 9.95. The molecule has 3 unspecified atom stereocenters. The summed E-state index contributed by atoms with van der Waals surface area (Å²) < 4.78 is 0. The Bertz CT molecular complexity index is 607. The zero-order chi connectivity index (χ0) is 15.0. The molecular formula is C20H25N. The second-order valence-electron chi connectivity index (χ2n) is 6.56. The summed E-state index contributed by atoms with van der Waals surface area (Å²) in [7, 11) is 0. The Labute approximate surface area is 128 Å². The zero-order valence-corrected chi connectivity index (χ0v) is 13.5. The molecule has 1 heteroatoms. The van der Waals surface area contributed by atoms with E-state index in [1.54, 1.807) is 0 Å². The van der Waals surface area contributed by atoms with Crippen molar-refractivity contribution in [2.45, 2.75) is 52.1 Å². The Kier molecular flexibility index (Phi) is 3.86. The third kappa shape index (κ3) is 3.03. The van der Waals surface area contributed by atoms with E-state index in [4.69, 9.17) is 0 Å². The van der Waals surface area contributed by atoms with Gasteiger partial charge in [0.1, 0.15) is 0 Å². The first-order chi connectivity index (χ1) is 10.1. The van der Waals surface area contributed by atoms with Gasteiger partial charge in [-0.25, -0.2) is 0 Å². The van der Waals surface area contributed by atoms with Gasteiger partial charge < -0.3 is 5.32 Å². The largest absolute Gasteiger partial charge is 0.307 e. The lowest BCUT2D eigenvalue weighted by Gasteiger charge is -2.20. The van der Waals surface area contributed by atoms with Crippen molar-refractivity contribution >= 4 is 0 Å². The van der Waals surface area contributed by atoms with Gasteiger partial charge in [0.2, 0.25) is 0 Å². The average molecular weight is 279 g/mol. The van der Waals surface area contributed by atoms with Crippen molar-refractivity contribution in [1.29, 1.82) is 0 Å². The molecule has 1 N–H and O–H groups in total. The van der Waals surface area contributed by atoms with E-state index in [0.717, 1.165) is 0 Å². The van der Waals surface area contributed by atoms with Gasteiger partial charge in [0.15, 0.2) is 0 Å². The van der Waals surface area contributed by atoms with Crippen LogP contribution < -0.4 is 5.32 Å². The summed E-state index contributed by atoms with van der Waals surface area (Å²) >= 11 is 0. The first kappa shape index (κ1) is 14.3. The fourth-order valence-corrected chi connectivity index (χ4v) is 3.73. The van der Waals surface area contributed by atoms with Gasteiger partial charge in [0.25, 0.3) is 0 Å². The standard InChI is InChI=1S/C20H25N/c1-13-10-14(2)20(15(3)11-13)16(4)21-19-12-18(19)17-8-6-5-7-9-17/h5-11,16,18-19,21H,12H2,1-4H3. The van der Waals surface area contributed by atoms with Crippen LogP contribution in [0.5, 0.6) is 0 Å². The van der Waals surface area contributed by atoms with E-state index in [-0.39, 0.29) is 0 Å². The minimum Gasteiger partial charge on any atom is -0.307 e. The highest BCUT2D eigenvalue weighted by Gasteiger charge is 2.39. The molecule has 0 spiro atoms. The van der Waals surface area contributed by atoms with Gasteiger partial charge in [-0.1, -0.05) is 48.0 Å². The summed E-state index contributed by atoms with van der Waals surface area (Å²) in [5, 5.41) is 3.82. The molecule has 0 bridgehead atoms. The lowest BCUT2D eigenvalue weighted by Crippen LogP contribution is -2.23. The van der Waals surface area contributed by atoms with Crippen LogP contribution in [0.4, 0.5) is 0 Å². The lowest BCUT2D eigenvalue weighted by molar-refractivity contribution is 0.558. The van der Waals surface area contributed by atoms with Crippen molar-refractivity contribution in [2.75, 3.05) is 0 Å². The number of hydrogen-bond donors (Lipinski definition) is 1. The van der Waals surface area contributed by atoms with Gasteiger partial charge in [-0.2, -0.15) is 0 Å². The molecule has 0 radical (unpaired) electrons. The molecule has 21 heavy (non-hydrogen) atoms. The SMILES string of the molecule is Cc1cc(C)c(C(C)NC2CC2c2ccccc2)c(C)c1. The van der Waals surface area contributed by atoms with Crippen molar-refractivity contribution in [1.82, 2.24) is 5.32 Å². The fourth-order valence-electron chi connectivity index (χ4n) is 3.73. The van der Waals surface area contributed by atoms with Crippen LogP contribution >= 0.6 is 0 Å². The maximum absolute atomic E-state index is 3.82. The predicted octanol–water partition coefficient (Wildman–Crippen LogP) is 4.82. The summed E-state index contributed by atoms with van der Waals surface area (Å²) in [6, 6.07) is 16.5. The quantitative estimate of drug-likeness (QED) is 0.846. The Morgan fingerprint density at radius 1 is 1.00 bits per heavy atom. The van der Waals surface area contributed by atoms with Crippen molar-refractivity contribution < 1.29 is 0 Å². The molecule has 3 atom stereocenters. The van der Waals surface area contributed by atoms with Crippen LogP contribution in [-0.2, 0) is 0 Å². The number of benzene rings is 2. The maximum Gasteiger partial charge on any atom is 0.0299 e. The molecule has 0 amide bonds. The van der Waals surface area contributed by atoms with Crippen LogP contribution in [0.2, 0.25) is 0 Å². The average Bonchev–Trinajstić information content (AvgIpc) is 3.17. The third-order valence-corrected chi connectivity index (χ3v) is 4.65. The highest BCUT2D eigenvalue weighted by molar-refractivity contribution is 5.40. The first-order valence-corrected chi connectivity index (χ1v) is 7.95. The summed E-state index contributed by atoms with van der Waals surface area (Å²) in [5.74, 6) is 0.694. The van der Waals surface area contributed by atoms with Crippen LogP contribution in [0.15, 0.2) is 42.5 Å². The van der Waals surface area contributed by atoms with Crippen LogP contribution in [0.3, 0.4) is 0 Å². The Hall–Kier alpha value is -1.60. The molecule has 1 aliphatic rings. The van der Waals surface area contributed by atoms with Crippen LogP contribution in [0.25, 0.3) is 0 Å². The van der Waals surface area contributed by atoms with E-state index >= 15 is 0 Å². The fraction of sp³-hybridized carbons (Fsp3) is 0.400. The topological polar surface area (TPSA) is 12.0 Å². The molecular weight excluding hydrogens is 254 g/mol. The highest BCUT2D eigenvalue weighted by Crippen LogP contribution is 2.42. The van der Waals surface area contributed by atoms with Gasteiger partial charge in [-0.15, -0.1) is 0 Å². The van der Waals surface area contributed by atoms with E-state index in [1.807, 2.05) is 0 Å². The second-order valence-corrected chi connectivity index (χ2v) is 6.56. The molecule has 110 valence electrons. The molecule has 3 rings (SSSR count).